The number of rotatable bonds is 3. The Labute approximate surface area is 167 Å². The molecule has 0 bridgehead atoms. The topological polar surface area (TPSA) is 29.3 Å². The highest BCUT2D eigenvalue weighted by molar-refractivity contribution is 7.79. The van der Waals surface area contributed by atoms with Gasteiger partial charge in [0.2, 0.25) is 0 Å². The summed E-state index contributed by atoms with van der Waals surface area (Å²) in [6.07, 6.45) is 3.54. The second kappa shape index (κ2) is 11.9. The molecular weight excluding hydrogens is 362 g/mol. The maximum Gasteiger partial charge on any atom is 0.123 e. The third kappa shape index (κ3) is 6.45. The molecule has 27 heavy (non-hydrogen) atoms. The van der Waals surface area contributed by atoms with E-state index >= 15 is 0 Å². The van der Waals surface area contributed by atoms with Crippen molar-refractivity contribution >= 4 is 12.6 Å². The Balaban J connectivity index is 0.000000855. The summed E-state index contributed by atoms with van der Waals surface area (Å²) in [5.74, 6) is -0.451. The number of benzene rings is 2. The zero-order valence-corrected chi connectivity index (χ0v) is 17.0. The number of nitrogens with zero attached hydrogens (tertiary/aromatic N) is 1. The average Bonchev–Trinajstić information content (AvgIpc) is 2.71. The van der Waals surface area contributed by atoms with Crippen molar-refractivity contribution < 1.29 is 8.78 Å². The van der Waals surface area contributed by atoms with Crippen LogP contribution in [0.5, 0.6) is 0 Å². The molecule has 1 saturated heterocycles. The number of thiol groups is 1. The monoisotopic (exact) mass is 392 g/mol. The van der Waals surface area contributed by atoms with Crippen molar-refractivity contribution in [2.45, 2.75) is 30.8 Å². The molecule has 0 aliphatic carbocycles. The van der Waals surface area contributed by atoms with Crippen molar-refractivity contribution in [2.75, 3.05) is 19.8 Å². The van der Waals surface area contributed by atoms with Gasteiger partial charge in [-0.25, -0.2) is 8.78 Å². The molecule has 2 unspecified atom stereocenters. The van der Waals surface area contributed by atoms with Crippen LogP contribution in [0.15, 0.2) is 61.7 Å². The van der Waals surface area contributed by atoms with E-state index in [1.165, 1.54) is 24.3 Å². The smallest absolute Gasteiger partial charge is 0.123 e. The van der Waals surface area contributed by atoms with E-state index in [1.807, 2.05) is 24.3 Å². The summed E-state index contributed by atoms with van der Waals surface area (Å²) in [6.45, 7) is 6.94. The minimum Gasteiger partial charge on any atom is -0.328 e. The van der Waals surface area contributed by atoms with Gasteiger partial charge in [-0.15, -0.1) is 13.2 Å². The Morgan fingerprint density at radius 2 is 1.37 bits per heavy atom. The maximum atomic E-state index is 13.3. The zero-order chi connectivity index (χ0) is 20.4. The summed E-state index contributed by atoms with van der Waals surface area (Å²) >= 11 is 3.53. The number of hydrogen-bond acceptors (Lipinski definition) is 3. The molecule has 2 N–H and O–H groups in total. The van der Waals surface area contributed by atoms with Crippen molar-refractivity contribution in [1.29, 1.82) is 0 Å². The lowest BCUT2D eigenvalue weighted by molar-refractivity contribution is 0.155. The summed E-state index contributed by atoms with van der Waals surface area (Å²) in [5, 5.41) is 0. The summed E-state index contributed by atoms with van der Waals surface area (Å²) < 4.78 is 26.6. The van der Waals surface area contributed by atoms with E-state index < -0.39 is 0 Å². The van der Waals surface area contributed by atoms with E-state index in [2.05, 4.69) is 37.7 Å². The highest BCUT2D eigenvalue weighted by atomic mass is 32.1. The van der Waals surface area contributed by atoms with Crippen LogP contribution in [0.3, 0.4) is 0 Å². The Bertz CT molecular complexity index is 616. The molecule has 1 fully saturated rings. The Morgan fingerprint density at radius 3 is 1.78 bits per heavy atom. The van der Waals surface area contributed by atoms with Gasteiger partial charge in [-0.2, -0.15) is 12.6 Å². The van der Waals surface area contributed by atoms with E-state index in [-0.39, 0.29) is 29.6 Å². The van der Waals surface area contributed by atoms with Gasteiger partial charge in [-0.05, 0) is 68.1 Å². The molecular formula is C22H30F2N2S. The quantitative estimate of drug-likeness (QED) is 0.577. The minimum absolute atomic E-state index is 0.0487. The third-order valence-corrected chi connectivity index (χ3v) is 4.81. The van der Waals surface area contributed by atoms with E-state index in [1.54, 1.807) is 6.26 Å². The van der Waals surface area contributed by atoms with Crippen LogP contribution in [-0.4, -0.2) is 36.8 Å². The first-order valence-corrected chi connectivity index (χ1v) is 9.85. The Morgan fingerprint density at radius 1 is 0.963 bits per heavy atom. The molecule has 2 nitrogen and oxygen atoms in total. The van der Waals surface area contributed by atoms with Crippen LogP contribution in [-0.2, 0) is 0 Å². The normalized spacial score (nSPS) is 19.5. The fraction of sp³-hybridized carbons (Fsp3) is 0.364. The molecule has 1 aliphatic rings. The van der Waals surface area contributed by atoms with E-state index in [0.717, 1.165) is 30.5 Å². The molecule has 5 heteroatoms. The number of hydrogen-bond donors (Lipinski definition) is 2. The molecule has 0 saturated carbocycles. The molecule has 3 rings (SSSR count). The van der Waals surface area contributed by atoms with Gasteiger partial charge in [0.05, 0.1) is 0 Å². The molecule has 0 amide bonds. The van der Waals surface area contributed by atoms with Gasteiger partial charge >= 0.3 is 0 Å². The lowest BCUT2D eigenvalue weighted by Gasteiger charge is -2.41. The molecule has 1 aliphatic heterocycles. The van der Waals surface area contributed by atoms with Crippen molar-refractivity contribution in [3.8, 4) is 0 Å². The third-order valence-electron chi connectivity index (χ3n) is 4.81. The van der Waals surface area contributed by atoms with E-state index in [0.29, 0.717) is 0 Å². The van der Waals surface area contributed by atoms with Crippen LogP contribution in [0.4, 0.5) is 8.78 Å². The van der Waals surface area contributed by atoms with Gasteiger partial charge in [0, 0.05) is 18.0 Å². The summed E-state index contributed by atoms with van der Waals surface area (Å²) in [4.78, 5) is 2.31. The highest BCUT2D eigenvalue weighted by Crippen LogP contribution is 2.35. The largest absolute Gasteiger partial charge is 0.328 e. The summed E-state index contributed by atoms with van der Waals surface area (Å²) in [5.41, 5.74) is 8.25. The molecule has 1 heterocycles. The van der Waals surface area contributed by atoms with Crippen LogP contribution in [0, 0.1) is 11.6 Å². The lowest BCUT2D eigenvalue weighted by atomic mass is 9.79. The van der Waals surface area contributed by atoms with Gasteiger partial charge in [0.1, 0.15) is 11.6 Å². The van der Waals surface area contributed by atoms with Gasteiger partial charge in [0.25, 0.3) is 0 Å². The number of likely N-dealkylation sites (N-methyl/N-ethyl adjacent to an activating group) is 1. The molecule has 0 aromatic heterocycles. The van der Waals surface area contributed by atoms with Crippen LogP contribution >= 0.6 is 12.6 Å². The fourth-order valence-corrected chi connectivity index (χ4v) is 3.51. The molecule has 2 atom stereocenters. The number of nitrogens with two attached hydrogens (primary N) is 1. The molecule has 148 valence electrons. The number of likely N-dealkylation sites (tertiary alicyclic amines) is 1. The van der Waals surface area contributed by atoms with Crippen LogP contribution in [0.1, 0.15) is 29.9 Å². The molecule has 2 aromatic rings. The maximum absolute atomic E-state index is 13.3. The summed E-state index contributed by atoms with van der Waals surface area (Å²) in [6, 6.07) is 13.6. The fourth-order valence-electron chi connectivity index (χ4n) is 3.51. The van der Waals surface area contributed by atoms with Gasteiger partial charge < -0.3 is 10.6 Å². The average molecular weight is 393 g/mol. The first-order chi connectivity index (χ1) is 13.0. The zero-order valence-electron chi connectivity index (χ0n) is 16.1. The van der Waals surface area contributed by atoms with Crippen molar-refractivity contribution in [3.63, 3.8) is 0 Å². The van der Waals surface area contributed by atoms with Crippen molar-refractivity contribution in [2.24, 2.45) is 5.73 Å². The standard InChI is InChI=1S/C19H22F2N2.C2H4.CH4S/c1-23-11-10-17(22)12-18(23)19(13-2-6-15(20)7-3-13)14-4-8-16(21)9-5-14;2*1-2/h2-9,17-19H,10-12,22H2,1H3;1-2H2;2H,1H3. The van der Waals surface area contributed by atoms with Gasteiger partial charge in [-0.1, -0.05) is 24.3 Å². The first-order valence-electron chi connectivity index (χ1n) is 8.96. The van der Waals surface area contributed by atoms with Gasteiger partial charge in [-0.3, -0.25) is 0 Å². The predicted molar refractivity (Wildman–Crippen MR) is 114 cm³/mol. The Kier molecular flexibility index (Phi) is 10.3. The molecule has 0 spiro atoms. The highest BCUT2D eigenvalue weighted by Gasteiger charge is 2.32. The van der Waals surface area contributed by atoms with Crippen LogP contribution < -0.4 is 5.73 Å². The van der Waals surface area contributed by atoms with Crippen LogP contribution in [0.25, 0.3) is 0 Å². The lowest BCUT2D eigenvalue weighted by Crippen LogP contribution is -2.47. The number of halogens is 2. The van der Waals surface area contributed by atoms with E-state index in [4.69, 9.17) is 5.73 Å². The van der Waals surface area contributed by atoms with Gasteiger partial charge in [0.15, 0.2) is 0 Å². The first kappa shape index (κ1) is 23.3. The Hall–Kier alpha value is -1.69. The second-order valence-corrected chi connectivity index (χ2v) is 6.41. The number of piperidine rings is 1. The SMILES string of the molecule is C=C.CN1CCC(N)CC1C(c1ccc(F)cc1)c1ccc(F)cc1.CS. The van der Waals surface area contributed by atoms with E-state index in [9.17, 15) is 8.78 Å². The molecule has 2 aromatic carbocycles. The van der Waals surface area contributed by atoms with Crippen molar-refractivity contribution in [3.05, 3.63) is 84.5 Å². The predicted octanol–water partition coefficient (Wildman–Crippen LogP) is 4.87. The minimum atomic E-state index is -0.250. The summed E-state index contributed by atoms with van der Waals surface area (Å²) in [7, 11) is 2.09. The molecule has 0 radical (unpaired) electrons. The van der Waals surface area contributed by atoms with Crippen LogP contribution in [0.2, 0.25) is 0 Å². The second-order valence-electron chi connectivity index (χ2n) is 6.41. The van der Waals surface area contributed by atoms with Crippen molar-refractivity contribution in [1.82, 2.24) is 4.90 Å².